The Balaban J connectivity index is 1.99. The first-order chi connectivity index (χ1) is 9.83. The SMILES string of the molecule is CCCNc1cc(COc2ccccc2CO)ccn1. The number of aliphatic hydroxyl groups is 1. The van der Waals surface area contributed by atoms with Crippen molar-refractivity contribution in [2.75, 3.05) is 11.9 Å². The van der Waals surface area contributed by atoms with Gasteiger partial charge in [0.25, 0.3) is 0 Å². The van der Waals surface area contributed by atoms with E-state index in [-0.39, 0.29) is 6.61 Å². The Hall–Kier alpha value is -2.07. The molecule has 2 aromatic rings. The van der Waals surface area contributed by atoms with Crippen LogP contribution >= 0.6 is 0 Å². The monoisotopic (exact) mass is 272 g/mol. The van der Waals surface area contributed by atoms with Crippen LogP contribution in [0, 0.1) is 0 Å². The van der Waals surface area contributed by atoms with Crippen LogP contribution in [-0.2, 0) is 13.2 Å². The first-order valence-electron chi connectivity index (χ1n) is 6.84. The van der Waals surface area contributed by atoms with E-state index in [0.29, 0.717) is 6.61 Å². The summed E-state index contributed by atoms with van der Waals surface area (Å²) in [7, 11) is 0. The van der Waals surface area contributed by atoms with Crippen LogP contribution in [-0.4, -0.2) is 16.6 Å². The Kier molecular flexibility index (Phi) is 5.38. The zero-order chi connectivity index (χ0) is 14.2. The van der Waals surface area contributed by atoms with Gasteiger partial charge in [0.1, 0.15) is 18.2 Å². The molecule has 2 N–H and O–H groups in total. The molecule has 106 valence electrons. The molecule has 0 saturated heterocycles. The van der Waals surface area contributed by atoms with E-state index in [1.54, 1.807) is 6.20 Å². The molecule has 0 unspecified atom stereocenters. The van der Waals surface area contributed by atoms with Crippen molar-refractivity contribution >= 4 is 5.82 Å². The highest BCUT2D eigenvalue weighted by Crippen LogP contribution is 2.19. The van der Waals surface area contributed by atoms with Gasteiger partial charge in [-0.05, 0) is 30.2 Å². The summed E-state index contributed by atoms with van der Waals surface area (Å²) in [5.74, 6) is 1.58. The molecule has 0 bridgehead atoms. The maximum atomic E-state index is 9.26. The van der Waals surface area contributed by atoms with Crippen LogP contribution in [0.3, 0.4) is 0 Å². The molecule has 1 aromatic carbocycles. The van der Waals surface area contributed by atoms with E-state index >= 15 is 0 Å². The molecule has 0 radical (unpaired) electrons. The van der Waals surface area contributed by atoms with Crippen molar-refractivity contribution in [3.05, 3.63) is 53.7 Å². The van der Waals surface area contributed by atoms with Crippen LogP contribution in [0.4, 0.5) is 5.82 Å². The van der Waals surface area contributed by atoms with Crippen molar-refractivity contribution in [2.45, 2.75) is 26.6 Å². The lowest BCUT2D eigenvalue weighted by molar-refractivity contribution is 0.259. The minimum absolute atomic E-state index is 0.0180. The molecule has 2 rings (SSSR count). The fraction of sp³-hybridized carbons (Fsp3) is 0.312. The van der Waals surface area contributed by atoms with Gasteiger partial charge in [-0.3, -0.25) is 0 Å². The molecule has 0 saturated carbocycles. The van der Waals surface area contributed by atoms with Crippen molar-refractivity contribution in [1.82, 2.24) is 4.98 Å². The van der Waals surface area contributed by atoms with Crippen LogP contribution in [0.1, 0.15) is 24.5 Å². The second-order valence-corrected chi connectivity index (χ2v) is 4.53. The van der Waals surface area contributed by atoms with E-state index in [2.05, 4.69) is 17.2 Å². The van der Waals surface area contributed by atoms with Gasteiger partial charge in [0.15, 0.2) is 0 Å². The molecule has 0 spiro atoms. The number of aromatic nitrogens is 1. The Bertz CT molecular complexity index is 544. The molecule has 1 heterocycles. The quantitative estimate of drug-likeness (QED) is 0.813. The maximum Gasteiger partial charge on any atom is 0.126 e. The molecular weight excluding hydrogens is 252 g/mol. The number of nitrogens with zero attached hydrogens (tertiary/aromatic N) is 1. The zero-order valence-corrected chi connectivity index (χ0v) is 11.7. The number of hydrogen-bond acceptors (Lipinski definition) is 4. The fourth-order valence-electron chi connectivity index (χ4n) is 1.85. The highest BCUT2D eigenvalue weighted by molar-refractivity contribution is 5.38. The maximum absolute atomic E-state index is 9.26. The smallest absolute Gasteiger partial charge is 0.126 e. The van der Waals surface area contributed by atoms with Crippen molar-refractivity contribution < 1.29 is 9.84 Å². The summed E-state index contributed by atoms with van der Waals surface area (Å²) in [6, 6.07) is 11.4. The number of aliphatic hydroxyl groups excluding tert-OH is 1. The second-order valence-electron chi connectivity index (χ2n) is 4.53. The van der Waals surface area contributed by atoms with Gasteiger partial charge in [-0.15, -0.1) is 0 Å². The van der Waals surface area contributed by atoms with Gasteiger partial charge in [-0.25, -0.2) is 4.98 Å². The lowest BCUT2D eigenvalue weighted by Crippen LogP contribution is -2.04. The average molecular weight is 272 g/mol. The van der Waals surface area contributed by atoms with Gasteiger partial charge in [0.05, 0.1) is 6.61 Å². The van der Waals surface area contributed by atoms with Gasteiger partial charge in [-0.1, -0.05) is 25.1 Å². The standard InChI is InChI=1S/C16H20N2O2/c1-2-8-17-16-10-13(7-9-18-16)12-20-15-6-4-3-5-14(15)11-19/h3-7,9-10,19H,2,8,11-12H2,1H3,(H,17,18). The Labute approximate surface area is 119 Å². The van der Waals surface area contributed by atoms with Gasteiger partial charge in [0.2, 0.25) is 0 Å². The van der Waals surface area contributed by atoms with E-state index in [4.69, 9.17) is 4.74 Å². The lowest BCUT2D eigenvalue weighted by atomic mass is 10.2. The predicted molar refractivity (Wildman–Crippen MR) is 79.7 cm³/mol. The third-order valence-corrected chi connectivity index (χ3v) is 2.92. The zero-order valence-electron chi connectivity index (χ0n) is 11.7. The fourth-order valence-corrected chi connectivity index (χ4v) is 1.85. The summed E-state index contributed by atoms with van der Waals surface area (Å²) in [6.45, 7) is 3.46. The van der Waals surface area contributed by atoms with E-state index in [1.165, 1.54) is 0 Å². The van der Waals surface area contributed by atoms with Crippen molar-refractivity contribution in [3.63, 3.8) is 0 Å². The number of para-hydroxylation sites is 1. The largest absolute Gasteiger partial charge is 0.489 e. The van der Waals surface area contributed by atoms with E-state index in [0.717, 1.165) is 35.7 Å². The molecule has 4 nitrogen and oxygen atoms in total. The Morgan fingerprint density at radius 1 is 1.25 bits per heavy atom. The van der Waals surface area contributed by atoms with Gasteiger partial charge < -0.3 is 15.2 Å². The minimum atomic E-state index is -0.0180. The summed E-state index contributed by atoms with van der Waals surface area (Å²) >= 11 is 0. The van der Waals surface area contributed by atoms with Crippen LogP contribution in [0.15, 0.2) is 42.6 Å². The summed E-state index contributed by atoms with van der Waals surface area (Å²) in [5.41, 5.74) is 1.84. The number of pyridine rings is 1. The van der Waals surface area contributed by atoms with Crippen molar-refractivity contribution in [3.8, 4) is 5.75 Å². The number of benzene rings is 1. The molecule has 0 aliphatic carbocycles. The molecular formula is C16H20N2O2. The molecule has 0 amide bonds. The van der Waals surface area contributed by atoms with Gasteiger partial charge in [0, 0.05) is 18.3 Å². The van der Waals surface area contributed by atoms with E-state index in [9.17, 15) is 5.11 Å². The van der Waals surface area contributed by atoms with Crippen LogP contribution in [0.5, 0.6) is 5.75 Å². The minimum Gasteiger partial charge on any atom is -0.489 e. The summed E-state index contributed by atoms with van der Waals surface area (Å²) in [6.07, 6.45) is 2.83. The highest BCUT2D eigenvalue weighted by atomic mass is 16.5. The molecule has 4 heteroatoms. The first-order valence-corrected chi connectivity index (χ1v) is 6.84. The average Bonchev–Trinajstić information content (AvgIpc) is 2.51. The second kappa shape index (κ2) is 7.50. The molecule has 1 aromatic heterocycles. The van der Waals surface area contributed by atoms with Gasteiger partial charge >= 0.3 is 0 Å². The van der Waals surface area contributed by atoms with E-state index in [1.807, 2.05) is 36.4 Å². The van der Waals surface area contributed by atoms with Gasteiger partial charge in [-0.2, -0.15) is 0 Å². The molecule has 0 atom stereocenters. The first kappa shape index (κ1) is 14.3. The number of rotatable bonds is 7. The summed E-state index contributed by atoms with van der Waals surface area (Å²) in [5, 5.41) is 12.5. The normalized spacial score (nSPS) is 10.3. The van der Waals surface area contributed by atoms with Crippen molar-refractivity contribution in [2.24, 2.45) is 0 Å². The third-order valence-electron chi connectivity index (χ3n) is 2.92. The predicted octanol–water partition coefficient (Wildman–Crippen LogP) is 2.97. The summed E-state index contributed by atoms with van der Waals surface area (Å²) in [4.78, 5) is 4.26. The highest BCUT2D eigenvalue weighted by Gasteiger charge is 2.03. The summed E-state index contributed by atoms with van der Waals surface area (Å²) < 4.78 is 5.76. The Morgan fingerprint density at radius 3 is 2.90 bits per heavy atom. The number of hydrogen-bond donors (Lipinski definition) is 2. The molecule has 0 fully saturated rings. The Morgan fingerprint density at radius 2 is 2.10 bits per heavy atom. The lowest BCUT2D eigenvalue weighted by Gasteiger charge is -2.11. The number of ether oxygens (including phenoxy) is 1. The number of nitrogens with one attached hydrogen (secondary N) is 1. The van der Waals surface area contributed by atoms with Crippen molar-refractivity contribution in [1.29, 1.82) is 0 Å². The topological polar surface area (TPSA) is 54.4 Å². The van der Waals surface area contributed by atoms with E-state index < -0.39 is 0 Å². The number of anilines is 1. The van der Waals surface area contributed by atoms with Crippen LogP contribution in [0.2, 0.25) is 0 Å². The molecule has 0 aliphatic rings. The third kappa shape index (κ3) is 3.96. The molecule has 20 heavy (non-hydrogen) atoms. The van der Waals surface area contributed by atoms with Crippen LogP contribution in [0.25, 0.3) is 0 Å². The van der Waals surface area contributed by atoms with Crippen LogP contribution < -0.4 is 10.1 Å². The molecule has 0 aliphatic heterocycles.